The summed E-state index contributed by atoms with van der Waals surface area (Å²) in [5, 5.41) is 20.0. The maximum atomic E-state index is 5.36. The van der Waals surface area contributed by atoms with Crippen LogP contribution < -0.4 is 32.8 Å². The maximum absolute atomic E-state index is 5.36. The van der Waals surface area contributed by atoms with Crippen molar-refractivity contribution in [3.05, 3.63) is 0 Å². The number of rotatable bonds is 14. The molecule has 8 nitrogen and oxygen atoms in total. The van der Waals surface area contributed by atoms with Gasteiger partial charge in [-0.15, -0.1) is 0 Å². The lowest BCUT2D eigenvalue weighted by Crippen LogP contribution is -2.36. The second kappa shape index (κ2) is 16.2. The normalized spacial score (nSPS) is 11.4. The van der Waals surface area contributed by atoms with Gasteiger partial charge in [-0.05, 0) is 0 Å². The Balaban J connectivity index is 2.90. The summed E-state index contributed by atoms with van der Waals surface area (Å²) in [6, 6.07) is 0. The van der Waals surface area contributed by atoms with Crippen LogP contribution >= 0.6 is 0 Å². The highest BCUT2D eigenvalue weighted by atomic mass is 15.3. The number of hydrogen-bond donors (Lipinski definition) is 6. The summed E-state index contributed by atoms with van der Waals surface area (Å²) in [5.41, 5.74) is 5.36. The molecule has 0 atom stereocenters. The van der Waals surface area contributed by atoms with E-state index in [4.69, 9.17) is 11.6 Å². The van der Waals surface area contributed by atoms with Crippen molar-refractivity contribution in [2.24, 2.45) is 21.9 Å². The summed E-state index contributed by atoms with van der Waals surface area (Å²) < 4.78 is 0. The van der Waals surface area contributed by atoms with E-state index >= 15 is 0 Å². The molecule has 0 aromatic heterocycles. The molecule has 0 aliphatic rings. The Labute approximate surface area is 109 Å². The molecule has 0 heterocycles. The van der Waals surface area contributed by atoms with E-state index in [0.29, 0.717) is 13.1 Å². The largest absolute Gasteiger partial charge is 0.329 e. The van der Waals surface area contributed by atoms with Crippen LogP contribution in [0.4, 0.5) is 0 Å². The van der Waals surface area contributed by atoms with Crippen LogP contribution in [0.25, 0.3) is 0 Å². The quantitative estimate of drug-likeness (QED) is 0.0897. The Bertz CT molecular complexity index is 175. The van der Waals surface area contributed by atoms with E-state index in [1.54, 1.807) is 0 Å². The molecule has 0 aromatic rings. The van der Waals surface area contributed by atoms with Gasteiger partial charge in [0.2, 0.25) is 0 Å². The molecule has 0 aromatic carbocycles. The molecule has 0 radical (unpaired) electrons. The highest BCUT2D eigenvalue weighted by Gasteiger charge is 1.89. The monoisotopic (exact) mass is 260 g/mol. The van der Waals surface area contributed by atoms with Gasteiger partial charge in [0.15, 0.2) is 0 Å². The Morgan fingerprint density at radius 1 is 0.667 bits per heavy atom. The van der Waals surface area contributed by atoms with Gasteiger partial charge < -0.3 is 32.8 Å². The number of nitrogens with one attached hydrogen (secondary N) is 4. The van der Waals surface area contributed by atoms with Crippen molar-refractivity contribution in [1.29, 1.82) is 0 Å². The van der Waals surface area contributed by atoms with Crippen molar-refractivity contribution in [3.63, 3.8) is 0 Å². The predicted octanol–water partition coefficient (Wildman–Crippen LogP) is -2.37. The van der Waals surface area contributed by atoms with Crippen LogP contribution in [0.2, 0.25) is 0 Å². The third-order valence-electron chi connectivity index (χ3n) is 2.23. The van der Waals surface area contributed by atoms with E-state index in [0.717, 1.165) is 52.4 Å². The highest BCUT2D eigenvalue weighted by molar-refractivity contribution is 4.56. The summed E-state index contributed by atoms with van der Waals surface area (Å²) in [6.07, 6.45) is 0. The van der Waals surface area contributed by atoms with Gasteiger partial charge in [-0.2, -0.15) is 5.11 Å². The van der Waals surface area contributed by atoms with E-state index in [9.17, 15) is 0 Å². The van der Waals surface area contributed by atoms with Crippen molar-refractivity contribution in [3.8, 4) is 0 Å². The van der Waals surface area contributed by atoms with Crippen molar-refractivity contribution >= 4 is 0 Å². The summed E-state index contributed by atoms with van der Waals surface area (Å²) in [6.45, 7) is 8.80. The Morgan fingerprint density at radius 2 is 1.11 bits per heavy atom. The summed E-state index contributed by atoms with van der Waals surface area (Å²) in [5.74, 6) is 4.88. The average Bonchev–Trinajstić information content (AvgIpc) is 2.39. The van der Waals surface area contributed by atoms with Crippen LogP contribution in [0.15, 0.2) is 10.3 Å². The molecule has 0 saturated heterocycles. The molecule has 0 bridgehead atoms. The number of nitrogens with two attached hydrogens (primary N) is 2. The van der Waals surface area contributed by atoms with E-state index < -0.39 is 0 Å². The molecule has 0 amide bonds. The molecule has 0 fully saturated rings. The first-order chi connectivity index (χ1) is 8.91. The lowest BCUT2D eigenvalue weighted by Gasteiger charge is -2.07. The van der Waals surface area contributed by atoms with Gasteiger partial charge >= 0.3 is 0 Å². The molecule has 8 N–H and O–H groups in total. The van der Waals surface area contributed by atoms with Crippen LogP contribution in [-0.2, 0) is 0 Å². The summed E-state index contributed by atoms with van der Waals surface area (Å²) in [7, 11) is 0. The predicted molar refractivity (Wildman–Crippen MR) is 74.4 cm³/mol. The third-order valence-corrected chi connectivity index (χ3v) is 2.23. The van der Waals surface area contributed by atoms with Gasteiger partial charge in [0, 0.05) is 58.9 Å². The zero-order chi connectivity index (χ0) is 13.3. The molecular formula is C10H28N8. The Morgan fingerprint density at radius 3 is 1.56 bits per heavy atom. The van der Waals surface area contributed by atoms with Gasteiger partial charge in [0.1, 0.15) is 0 Å². The van der Waals surface area contributed by atoms with Crippen LogP contribution in [-0.4, -0.2) is 65.4 Å². The second-order valence-electron chi connectivity index (χ2n) is 3.77. The minimum absolute atomic E-state index is 0.633. The minimum atomic E-state index is 0.633. The van der Waals surface area contributed by atoms with E-state index in [2.05, 4.69) is 31.6 Å². The fourth-order valence-electron chi connectivity index (χ4n) is 1.32. The molecule has 0 unspecified atom stereocenters. The number of hydrogen-bond acceptors (Lipinski definition) is 7. The topological polar surface area (TPSA) is 125 Å². The molecule has 0 aliphatic carbocycles. The lowest BCUT2D eigenvalue weighted by atomic mass is 10.5. The highest BCUT2D eigenvalue weighted by Crippen LogP contribution is 1.67. The fourth-order valence-corrected chi connectivity index (χ4v) is 1.32. The third kappa shape index (κ3) is 15.2. The van der Waals surface area contributed by atoms with E-state index in [-0.39, 0.29) is 0 Å². The van der Waals surface area contributed by atoms with Gasteiger partial charge in [0.25, 0.3) is 0 Å². The number of nitrogens with zero attached hydrogens (tertiary/aromatic N) is 2. The second-order valence-corrected chi connectivity index (χ2v) is 3.77. The van der Waals surface area contributed by atoms with Crippen molar-refractivity contribution < 1.29 is 0 Å². The van der Waals surface area contributed by atoms with Crippen LogP contribution in [0.1, 0.15) is 0 Å². The van der Waals surface area contributed by atoms with Crippen LogP contribution in [0, 0.1) is 0 Å². The molecule has 0 spiro atoms. The first-order valence-corrected chi connectivity index (χ1v) is 6.51. The van der Waals surface area contributed by atoms with E-state index in [1.165, 1.54) is 0 Å². The smallest absolute Gasteiger partial charge is 0.0744 e. The molecule has 8 heteroatoms. The maximum Gasteiger partial charge on any atom is 0.0744 e. The van der Waals surface area contributed by atoms with Crippen LogP contribution in [0.5, 0.6) is 0 Å². The Kier molecular flexibility index (Phi) is 15.5. The van der Waals surface area contributed by atoms with Gasteiger partial charge in [0.05, 0.1) is 6.54 Å². The zero-order valence-corrected chi connectivity index (χ0v) is 11.1. The van der Waals surface area contributed by atoms with Crippen molar-refractivity contribution in [2.75, 3.05) is 65.4 Å². The molecule has 0 aliphatic heterocycles. The standard InChI is InChI=1S/C10H28N8/c11-1-2-13-3-4-14-5-6-15-7-8-16-9-10-17-18-12/h13-16H,1-11H2,(H2,12,17). The Hall–Kier alpha value is -0.800. The molecule has 18 heavy (non-hydrogen) atoms. The average molecular weight is 260 g/mol. The molecule has 108 valence electrons. The van der Waals surface area contributed by atoms with Crippen LogP contribution in [0.3, 0.4) is 0 Å². The lowest BCUT2D eigenvalue weighted by molar-refractivity contribution is 0.568. The van der Waals surface area contributed by atoms with Crippen molar-refractivity contribution in [1.82, 2.24) is 21.3 Å². The van der Waals surface area contributed by atoms with Gasteiger partial charge in [-0.25, -0.2) is 0 Å². The van der Waals surface area contributed by atoms with E-state index in [1.807, 2.05) is 0 Å². The molecule has 0 rings (SSSR count). The first kappa shape index (κ1) is 17.2. The van der Waals surface area contributed by atoms with Crippen molar-refractivity contribution in [2.45, 2.75) is 0 Å². The van der Waals surface area contributed by atoms with Gasteiger partial charge in [-0.1, -0.05) is 5.22 Å². The minimum Gasteiger partial charge on any atom is -0.329 e. The molecule has 0 saturated carbocycles. The first-order valence-electron chi connectivity index (χ1n) is 6.51. The van der Waals surface area contributed by atoms with Gasteiger partial charge in [-0.3, -0.25) is 0 Å². The summed E-state index contributed by atoms with van der Waals surface area (Å²) in [4.78, 5) is 0. The molecular weight excluding hydrogens is 232 g/mol. The SMILES string of the molecule is NCCNCCNCCNCCNCCN=NN. The summed E-state index contributed by atoms with van der Waals surface area (Å²) >= 11 is 0. The fraction of sp³-hybridized carbons (Fsp3) is 1.00. The zero-order valence-electron chi connectivity index (χ0n) is 11.1.